The summed E-state index contributed by atoms with van der Waals surface area (Å²) >= 11 is 0. The summed E-state index contributed by atoms with van der Waals surface area (Å²) in [6, 6.07) is 7.59. The lowest BCUT2D eigenvalue weighted by molar-refractivity contribution is -0.114. The van der Waals surface area contributed by atoms with Crippen LogP contribution in [0.15, 0.2) is 84.5 Å². The molecule has 0 N–H and O–H groups in total. The molecule has 1 saturated heterocycles. The van der Waals surface area contributed by atoms with E-state index in [2.05, 4.69) is 21.4 Å². The van der Waals surface area contributed by atoms with Crippen LogP contribution in [0.1, 0.15) is 50.6 Å². The first-order valence-corrected chi connectivity index (χ1v) is 13.0. The van der Waals surface area contributed by atoms with E-state index in [1.807, 2.05) is 56.5 Å². The molecule has 6 heteroatoms. The van der Waals surface area contributed by atoms with E-state index in [1.54, 1.807) is 19.2 Å². The molecule has 0 aromatic carbocycles. The molecular weight excluding hydrogens is 477 g/mol. The molecule has 2 aliphatic rings. The van der Waals surface area contributed by atoms with E-state index in [1.165, 1.54) is 12.2 Å². The number of aromatic nitrogens is 2. The summed E-state index contributed by atoms with van der Waals surface area (Å²) < 4.78 is 14.4. The molecule has 38 heavy (non-hydrogen) atoms. The van der Waals surface area contributed by atoms with E-state index in [-0.39, 0.29) is 35.6 Å². The number of nitrogens with zero attached hydrogens (tertiary/aromatic N) is 3. The first-order valence-electron chi connectivity index (χ1n) is 13.0. The van der Waals surface area contributed by atoms with Crippen LogP contribution >= 0.6 is 0 Å². The molecule has 3 heterocycles. The Morgan fingerprint density at radius 1 is 1.11 bits per heavy atom. The zero-order chi connectivity index (χ0) is 27.2. The van der Waals surface area contributed by atoms with Gasteiger partial charge in [0.15, 0.2) is 11.6 Å². The third-order valence-corrected chi connectivity index (χ3v) is 7.43. The first kappa shape index (κ1) is 27.1. The van der Waals surface area contributed by atoms with Gasteiger partial charge < -0.3 is 4.90 Å². The predicted molar refractivity (Wildman–Crippen MR) is 151 cm³/mol. The summed E-state index contributed by atoms with van der Waals surface area (Å²) in [4.78, 5) is 35.3. The lowest BCUT2D eigenvalue weighted by Gasteiger charge is -2.33. The van der Waals surface area contributed by atoms with E-state index in [4.69, 9.17) is 0 Å². The Labute approximate surface area is 224 Å². The maximum Gasteiger partial charge on any atom is 0.160 e. The van der Waals surface area contributed by atoms with Crippen molar-refractivity contribution in [1.82, 2.24) is 9.97 Å². The number of pyridine rings is 2. The van der Waals surface area contributed by atoms with E-state index in [0.29, 0.717) is 17.0 Å². The highest BCUT2D eigenvalue weighted by molar-refractivity contribution is 5.95. The third kappa shape index (κ3) is 6.68. The van der Waals surface area contributed by atoms with Gasteiger partial charge in [-0.05, 0) is 80.2 Å². The van der Waals surface area contributed by atoms with Gasteiger partial charge in [-0.25, -0.2) is 4.39 Å². The lowest BCUT2D eigenvalue weighted by Crippen LogP contribution is -2.34. The normalized spacial score (nSPS) is 18.5. The Balaban J connectivity index is 1.31. The number of hydrogen-bond acceptors (Lipinski definition) is 5. The van der Waals surface area contributed by atoms with Crippen molar-refractivity contribution < 1.29 is 14.0 Å². The van der Waals surface area contributed by atoms with Crippen LogP contribution in [0.2, 0.25) is 0 Å². The summed E-state index contributed by atoms with van der Waals surface area (Å²) in [5.41, 5.74) is 5.61. The Morgan fingerprint density at radius 2 is 1.87 bits per heavy atom. The summed E-state index contributed by atoms with van der Waals surface area (Å²) in [6.07, 6.45) is 14.1. The molecule has 1 aliphatic carbocycles. The Kier molecular flexibility index (Phi) is 8.62. The fraction of sp³-hybridized carbons (Fsp3) is 0.312. The van der Waals surface area contributed by atoms with Gasteiger partial charge in [0, 0.05) is 37.2 Å². The second-order valence-corrected chi connectivity index (χ2v) is 10.1. The van der Waals surface area contributed by atoms with Crippen molar-refractivity contribution in [3.05, 3.63) is 101 Å². The molecule has 5 nitrogen and oxygen atoms in total. The molecule has 0 amide bonds. The van der Waals surface area contributed by atoms with Crippen molar-refractivity contribution in [2.24, 2.45) is 11.8 Å². The number of hydrogen-bond donors (Lipinski definition) is 0. The van der Waals surface area contributed by atoms with Crippen LogP contribution < -0.4 is 4.90 Å². The van der Waals surface area contributed by atoms with Gasteiger partial charge in [0.2, 0.25) is 0 Å². The Morgan fingerprint density at radius 3 is 2.50 bits per heavy atom. The van der Waals surface area contributed by atoms with Gasteiger partial charge in [-0.1, -0.05) is 37.3 Å². The SMILES string of the molecule is C=C(C(C)=O)C1CCN(c2ccc(C=CC(=O)Cc3ccc(C4=CC=C(C)C(C)C(F)=C4)nc3)nc2)CC1. The largest absolute Gasteiger partial charge is 0.370 e. The standard InChI is InChI=1S/C32H34FN3O2/c1-21-5-7-27(18-31(33)22(21)2)32-12-6-25(19-35-32)17-30(38)11-9-28-8-10-29(20-34-28)36-15-13-26(14-16-36)23(3)24(4)37/h5-12,18-20,22,26H,3,13-17H2,1-2,4H3. The molecular formula is C32H34FN3O2. The van der Waals surface area contributed by atoms with E-state index in [9.17, 15) is 14.0 Å². The lowest BCUT2D eigenvalue weighted by atomic mass is 9.88. The highest BCUT2D eigenvalue weighted by Gasteiger charge is 2.23. The van der Waals surface area contributed by atoms with E-state index in [0.717, 1.165) is 48.3 Å². The zero-order valence-electron chi connectivity index (χ0n) is 22.3. The summed E-state index contributed by atoms with van der Waals surface area (Å²) in [7, 11) is 0. The molecule has 1 atom stereocenters. The summed E-state index contributed by atoms with van der Waals surface area (Å²) in [5, 5.41) is 0. The fourth-order valence-electron chi connectivity index (χ4n) is 4.66. The van der Waals surface area contributed by atoms with Crippen molar-refractivity contribution in [2.75, 3.05) is 18.0 Å². The van der Waals surface area contributed by atoms with Crippen LogP contribution in [0.4, 0.5) is 10.1 Å². The van der Waals surface area contributed by atoms with Gasteiger partial charge in [0.25, 0.3) is 0 Å². The fourth-order valence-corrected chi connectivity index (χ4v) is 4.66. The predicted octanol–water partition coefficient (Wildman–Crippen LogP) is 6.50. The van der Waals surface area contributed by atoms with Crippen LogP contribution in [0, 0.1) is 11.8 Å². The molecule has 4 rings (SSSR count). The topological polar surface area (TPSA) is 63.2 Å². The number of piperidine rings is 1. The molecule has 1 aliphatic heterocycles. The first-order chi connectivity index (χ1) is 18.2. The number of carbonyl (C=O) groups excluding carboxylic acids is 2. The Hall–Kier alpha value is -3.93. The molecule has 0 bridgehead atoms. The van der Waals surface area contributed by atoms with Gasteiger partial charge in [-0.2, -0.15) is 0 Å². The molecule has 0 saturated carbocycles. The second-order valence-electron chi connectivity index (χ2n) is 10.1. The molecule has 2 aromatic rings. The maximum atomic E-state index is 14.4. The summed E-state index contributed by atoms with van der Waals surface area (Å²) in [5.74, 6) is -0.139. The second kappa shape index (κ2) is 12.1. The average molecular weight is 512 g/mol. The van der Waals surface area contributed by atoms with Crippen molar-refractivity contribution in [2.45, 2.75) is 40.0 Å². The van der Waals surface area contributed by atoms with E-state index < -0.39 is 0 Å². The maximum absolute atomic E-state index is 14.4. The molecule has 1 fully saturated rings. The van der Waals surface area contributed by atoms with Crippen LogP contribution in [-0.4, -0.2) is 34.6 Å². The van der Waals surface area contributed by atoms with Crippen LogP contribution in [0.25, 0.3) is 11.6 Å². The number of anilines is 1. The number of allylic oxidation sites excluding steroid dienone is 8. The number of carbonyl (C=O) groups is 2. The summed E-state index contributed by atoms with van der Waals surface area (Å²) in [6.45, 7) is 11.0. The number of Topliss-reactive ketones (excluding diaryl/α,β-unsaturated/α-hetero) is 1. The van der Waals surface area contributed by atoms with E-state index >= 15 is 0 Å². The minimum absolute atomic E-state index is 0.0507. The van der Waals surface area contributed by atoms with Gasteiger partial charge in [0.05, 0.1) is 23.3 Å². The zero-order valence-corrected chi connectivity index (χ0v) is 22.3. The van der Waals surface area contributed by atoms with Crippen molar-refractivity contribution in [3.8, 4) is 0 Å². The number of halogens is 1. The number of rotatable bonds is 8. The van der Waals surface area contributed by atoms with Crippen molar-refractivity contribution >= 4 is 28.9 Å². The van der Waals surface area contributed by atoms with Gasteiger partial charge >= 0.3 is 0 Å². The molecule has 2 aromatic heterocycles. The molecule has 0 spiro atoms. The van der Waals surface area contributed by atoms with Gasteiger partial charge in [-0.15, -0.1) is 0 Å². The number of ketones is 2. The molecule has 0 radical (unpaired) electrons. The highest BCUT2D eigenvalue weighted by Crippen LogP contribution is 2.29. The minimum atomic E-state index is -0.241. The quantitative estimate of drug-likeness (QED) is 0.379. The Bertz CT molecular complexity index is 1330. The highest BCUT2D eigenvalue weighted by atomic mass is 19.1. The smallest absolute Gasteiger partial charge is 0.160 e. The van der Waals surface area contributed by atoms with Gasteiger partial charge in [0.1, 0.15) is 5.83 Å². The van der Waals surface area contributed by atoms with Crippen LogP contribution in [0.3, 0.4) is 0 Å². The monoisotopic (exact) mass is 511 g/mol. The van der Waals surface area contributed by atoms with Gasteiger partial charge in [-0.3, -0.25) is 19.6 Å². The molecule has 196 valence electrons. The third-order valence-electron chi connectivity index (χ3n) is 7.43. The minimum Gasteiger partial charge on any atom is -0.370 e. The average Bonchev–Trinajstić information content (AvgIpc) is 3.05. The van der Waals surface area contributed by atoms with Crippen molar-refractivity contribution in [1.29, 1.82) is 0 Å². The molecule has 1 unspecified atom stereocenters. The van der Waals surface area contributed by atoms with Crippen LogP contribution in [-0.2, 0) is 16.0 Å². The van der Waals surface area contributed by atoms with Crippen molar-refractivity contribution in [3.63, 3.8) is 0 Å². The van der Waals surface area contributed by atoms with Crippen LogP contribution in [0.5, 0.6) is 0 Å².